The van der Waals surface area contributed by atoms with Crippen molar-refractivity contribution in [1.82, 2.24) is 9.88 Å². The third-order valence-electron chi connectivity index (χ3n) is 5.59. The van der Waals surface area contributed by atoms with E-state index in [0.29, 0.717) is 22.8 Å². The van der Waals surface area contributed by atoms with Crippen LogP contribution in [-0.4, -0.2) is 35.2 Å². The number of hydrogen-bond acceptors (Lipinski definition) is 5. The third kappa shape index (κ3) is 4.69. The lowest BCUT2D eigenvalue weighted by Crippen LogP contribution is -2.30. The van der Waals surface area contributed by atoms with Gasteiger partial charge < -0.3 is 24.1 Å². The van der Waals surface area contributed by atoms with Crippen LogP contribution >= 0.6 is 0 Å². The summed E-state index contributed by atoms with van der Waals surface area (Å²) in [5.74, 6) is 0.0119. The Labute approximate surface area is 191 Å². The standard InChI is InChI=1S/C25H25FN2O5/c1-4-31-25(30)23-15(2)20(16(3)27-23)13-28(24(29)18-6-5-7-19(26)11-18)12-17-8-9-21-22(10-17)33-14-32-21/h5-11,27H,4,12-14H2,1-3H3. The molecule has 0 saturated heterocycles. The summed E-state index contributed by atoms with van der Waals surface area (Å²) in [6.45, 7) is 6.30. The quantitative estimate of drug-likeness (QED) is 0.533. The summed E-state index contributed by atoms with van der Waals surface area (Å²) in [5, 5.41) is 0. The monoisotopic (exact) mass is 452 g/mol. The molecule has 0 bridgehead atoms. The highest BCUT2D eigenvalue weighted by molar-refractivity contribution is 5.94. The number of benzene rings is 2. The van der Waals surface area contributed by atoms with Gasteiger partial charge in [0.15, 0.2) is 11.5 Å². The highest BCUT2D eigenvalue weighted by atomic mass is 19.1. The number of aromatic amines is 1. The molecular weight excluding hydrogens is 427 g/mol. The molecule has 1 amide bonds. The SMILES string of the molecule is CCOC(=O)c1[nH]c(C)c(CN(Cc2ccc3c(c2)OCO3)C(=O)c2cccc(F)c2)c1C. The number of nitrogens with zero attached hydrogens (tertiary/aromatic N) is 1. The number of rotatable bonds is 7. The van der Waals surface area contributed by atoms with Gasteiger partial charge in [0.2, 0.25) is 6.79 Å². The Balaban J connectivity index is 1.67. The molecule has 8 heteroatoms. The largest absolute Gasteiger partial charge is 0.461 e. The molecule has 172 valence electrons. The van der Waals surface area contributed by atoms with Gasteiger partial charge in [0, 0.05) is 24.3 Å². The second-order valence-electron chi connectivity index (χ2n) is 7.81. The van der Waals surface area contributed by atoms with Crippen LogP contribution in [0.1, 0.15) is 50.2 Å². The Morgan fingerprint density at radius 2 is 1.88 bits per heavy atom. The molecule has 3 aromatic rings. The van der Waals surface area contributed by atoms with Crippen molar-refractivity contribution in [3.8, 4) is 11.5 Å². The molecule has 0 radical (unpaired) electrons. The average molecular weight is 452 g/mol. The van der Waals surface area contributed by atoms with E-state index < -0.39 is 11.8 Å². The molecule has 1 aliphatic heterocycles. The van der Waals surface area contributed by atoms with E-state index in [2.05, 4.69) is 4.98 Å². The van der Waals surface area contributed by atoms with Crippen molar-refractivity contribution in [1.29, 1.82) is 0 Å². The summed E-state index contributed by atoms with van der Waals surface area (Å²) in [5.41, 5.74) is 3.73. The number of esters is 1. The van der Waals surface area contributed by atoms with Crippen molar-refractivity contribution in [3.63, 3.8) is 0 Å². The van der Waals surface area contributed by atoms with E-state index in [9.17, 15) is 14.0 Å². The van der Waals surface area contributed by atoms with Gasteiger partial charge in [0.25, 0.3) is 5.91 Å². The Morgan fingerprint density at radius 1 is 1.09 bits per heavy atom. The number of hydrogen-bond donors (Lipinski definition) is 1. The molecule has 1 N–H and O–H groups in total. The van der Waals surface area contributed by atoms with E-state index in [1.807, 2.05) is 26.0 Å². The minimum Gasteiger partial charge on any atom is -0.461 e. The second kappa shape index (κ2) is 9.36. The lowest BCUT2D eigenvalue weighted by atomic mass is 10.1. The van der Waals surface area contributed by atoms with Gasteiger partial charge in [-0.1, -0.05) is 12.1 Å². The van der Waals surface area contributed by atoms with E-state index in [4.69, 9.17) is 14.2 Å². The summed E-state index contributed by atoms with van der Waals surface area (Å²) < 4.78 is 29.8. The average Bonchev–Trinajstić information content (AvgIpc) is 3.37. The van der Waals surface area contributed by atoms with Gasteiger partial charge in [-0.3, -0.25) is 4.79 Å². The molecule has 0 aliphatic carbocycles. The molecule has 0 unspecified atom stereocenters. The molecular formula is C25H25FN2O5. The molecule has 1 aromatic heterocycles. The van der Waals surface area contributed by atoms with Crippen molar-refractivity contribution in [2.45, 2.75) is 33.9 Å². The topological polar surface area (TPSA) is 80.9 Å². The Morgan fingerprint density at radius 3 is 2.64 bits per heavy atom. The molecule has 0 atom stereocenters. The fourth-order valence-electron chi connectivity index (χ4n) is 3.89. The molecule has 33 heavy (non-hydrogen) atoms. The predicted molar refractivity (Wildman–Crippen MR) is 119 cm³/mol. The molecule has 4 rings (SSSR count). The molecule has 0 fully saturated rings. The number of aromatic nitrogens is 1. The highest BCUT2D eigenvalue weighted by Gasteiger charge is 2.24. The zero-order chi connectivity index (χ0) is 23.5. The van der Waals surface area contributed by atoms with Crippen molar-refractivity contribution >= 4 is 11.9 Å². The number of carbonyl (C=O) groups excluding carboxylic acids is 2. The van der Waals surface area contributed by atoms with Crippen molar-refractivity contribution in [2.24, 2.45) is 0 Å². The minimum atomic E-state index is -0.484. The smallest absolute Gasteiger partial charge is 0.355 e. The molecule has 2 heterocycles. The van der Waals surface area contributed by atoms with Gasteiger partial charge in [-0.2, -0.15) is 0 Å². The summed E-state index contributed by atoms with van der Waals surface area (Å²) in [6, 6.07) is 11.1. The first-order chi connectivity index (χ1) is 15.9. The number of fused-ring (bicyclic) bond motifs is 1. The van der Waals surface area contributed by atoms with Crippen LogP contribution in [0.5, 0.6) is 11.5 Å². The first-order valence-corrected chi connectivity index (χ1v) is 10.7. The van der Waals surface area contributed by atoms with E-state index in [-0.39, 0.29) is 38.0 Å². The lowest BCUT2D eigenvalue weighted by molar-refractivity contribution is 0.0519. The summed E-state index contributed by atoms with van der Waals surface area (Å²) in [7, 11) is 0. The van der Waals surface area contributed by atoms with Crippen LogP contribution in [0.25, 0.3) is 0 Å². The zero-order valence-corrected chi connectivity index (χ0v) is 18.7. The van der Waals surface area contributed by atoms with Gasteiger partial charge in [0.1, 0.15) is 11.5 Å². The first kappa shape index (κ1) is 22.4. The second-order valence-corrected chi connectivity index (χ2v) is 7.81. The minimum absolute atomic E-state index is 0.156. The Hall–Kier alpha value is -3.81. The van der Waals surface area contributed by atoms with Gasteiger partial charge in [-0.25, -0.2) is 9.18 Å². The molecule has 2 aromatic carbocycles. The zero-order valence-electron chi connectivity index (χ0n) is 18.7. The molecule has 0 saturated carbocycles. The van der Waals surface area contributed by atoms with Crippen LogP contribution in [0.4, 0.5) is 4.39 Å². The Kier molecular flexibility index (Phi) is 6.35. The molecule has 7 nitrogen and oxygen atoms in total. The fourth-order valence-corrected chi connectivity index (χ4v) is 3.89. The number of halogens is 1. The van der Waals surface area contributed by atoms with Crippen molar-refractivity contribution < 1.29 is 28.2 Å². The van der Waals surface area contributed by atoms with Gasteiger partial charge >= 0.3 is 5.97 Å². The number of amides is 1. The molecule has 0 spiro atoms. The number of aryl methyl sites for hydroxylation is 1. The predicted octanol–water partition coefficient (Wildman–Crippen LogP) is 4.52. The molecule has 1 aliphatic rings. The van der Waals surface area contributed by atoms with Crippen LogP contribution in [0.3, 0.4) is 0 Å². The normalized spacial score (nSPS) is 12.0. The van der Waals surface area contributed by atoms with Crippen molar-refractivity contribution in [3.05, 3.63) is 81.9 Å². The van der Waals surface area contributed by atoms with Crippen LogP contribution in [-0.2, 0) is 17.8 Å². The number of H-pyrrole nitrogens is 1. The summed E-state index contributed by atoms with van der Waals surface area (Å²) >= 11 is 0. The first-order valence-electron chi connectivity index (χ1n) is 10.7. The van der Waals surface area contributed by atoms with E-state index in [1.54, 1.807) is 24.0 Å². The van der Waals surface area contributed by atoms with Gasteiger partial charge in [-0.05, 0) is 67.8 Å². The van der Waals surface area contributed by atoms with Crippen LogP contribution in [0.2, 0.25) is 0 Å². The van der Waals surface area contributed by atoms with E-state index in [0.717, 1.165) is 16.8 Å². The number of carbonyl (C=O) groups is 2. The Bertz CT molecular complexity index is 1200. The highest BCUT2D eigenvalue weighted by Crippen LogP contribution is 2.33. The van der Waals surface area contributed by atoms with E-state index in [1.165, 1.54) is 18.2 Å². The number of nitrogens with one attached hydrogen (secondary N) is 1. The van der Waals surface area contributed by atoms with Gasteiger partial charge in [0.05, 0.1) is 6.61 Å². The van der Waals surface area contributed by atoms with Gasteiger partial charge in [-0.15, -0.1) is 0 Å². The fraction of sp³-hybridized carbons (Fsp3) is 0.280. The third-order valence-corrected chi connectivity index (χ3v) is 5.59. The maximum atomic E-state index is 13.8. The van der Waals surface area contributed by atoms with Crippen molar-refractivity contribution in [2.75, 3.05) is 13.4 Å². The summed E-state index contributed by atoms with van der Waals surface area (Å²) in [4.78, 5) is 30.4. The maximum Gasteiger partial charge on any atom is 0.355 e. The number of ether oxygens (including phenoxy) is 3. The van der Waals surface area contributed by atoms with Crippen LogP contribution in [0, 0.1) is 19.7 Å². The maximum absolute atomic E-state index is 13.8. The van der Waals surface area contributed by atoms with Crippen LogP contribution < -0.4 is 9.47 Å². The summed E-state index contributed by atoms with van der Waals surface area (Å²) in [6.07, 6.45) is 0. The lowest BCUT2D eigenvalue weighted by Gasteiger charge is -2.24. The van der Waals surface area contributed by atoms with Crippen LogP contribution in [0.15, 0.2) is 42.5 Å². The van der Waals surface area contributed by atoms with E-state index >= 15 is 0 Å².